The molecule has 0 aliphatic carbocycles. The fraction of sp³-hybridized carbons (Fsp3) is 1.00. The molecule has 0 aliphatic heterocycles. The van der Waals surface area contributed by atoms with E-state index in [9.17, 15) is 0 Å². The van der Waals surface area contributed by atoms with E-state index in [1.807, 2.05) is 0 Å². The molecule has 0 aliphatic rings. The van der Waals surface area contributed by atoms with E-state index in [-0.39, 0.29) is 0 Å². The zero-order valence-corrected chi connectivity index (χ0v) is 18.7. The third kappa shape index (κ3) is 9.68. The van der Waals surface area contributed by atoms with Crippen LogP contribution in [0.25, 0.3) is 0 Å². The van der Waals surface area contributed by atoms with Crippen LogP contribution in [0.3, 0.4) is 0 Å². The quantitative estimate of drug-likeness (QED) is 0.521. The van der Waals surface area contributed by atoms with Crippen molar-refractivity contribution < 1.29 is 0 Å². The summed E-state index contributed by atoms with van der Waals surface area (Å²) in [4.78, 5) is 4.99. The fourth-order valence-electron chi connectivity index (χ4n) is 3.13. The van der Waals surface area contributed by atoms with Crippen LogP contribution in [-0.2, 0) is 0 Å². The van der Waals surface area contributed by atoms with Gasteiger partial charge in [0.15, 0.2) is 0 Å². The Hall–Kier alpha value is 0.790. The minimum absolute atomic E-state index is 0.691. The Morgan fingerprint density at radius 3 is 1.55 bits per heavy atom. The van der Waals surface area contributed by atoms with Gasteiger partial charge in [-0.25, -0.2) is 0 Å². The monoisotopic (exact) mass is 386 g/mol. The van der Waals surface area contributed by atoms with E-state index in [0.29, 0.717) is 12.1 Å². The number of rotatable bonds is 11. The van der Waals surface area contributed by atoms with Crippen molar-refractivity contribution in [2.75, 3.05) is 27.2 Å². The summed E-state index contributed by atoms with van der Waals surface area (Å²) in [6.07, 6.45) is 2.88. The fourth-order valence-corrected chi connectivity index (χ4v) is 11.8. The van der Waals surface area contributed by atoms with Gasteiger partial charge in [0.05, 0.1) is 0 Å². The van der Waals surface area contributed by atoms with Gasteiger partial charge in [-0.2, -0.15) is 0 Å². The van der Waals surface area contributed by atoms with Crippen molar-refractivity contribution in [3.8, 4) is 0 Å². The van der Waals surface area contributed by atoms with Crippen LogP contribution < -0.4 is 0 Å². The standard InChI is InChI=1S/C9H20N.C5H12N.C3H7.In/c1-6-7-10(8(2)3)9(4)5;1-4-5-6(2)3;1-3-2;/h8-9H,1,6-7H2,2-5H3;1,4-5H2,2-3H3;3H,1-2H3;. The molecule has 0 aromatic heterocycles. The van der Waals surface area contributed by atoms with Gasteiger partial charge in [-0.3, -0.25) is 0 Å². The zero-order chi connectivity index (χ0) is 15.7. The van der Waals surface area contributed by atoms with E-state index in [4.69, 9.17) is 0 Å². The second-order valence-electron chi connectivity index (χ2n) is 7.52. The van der Waals surface area contributed by atoms with E-state index in [2.05, 4.69) is 65.4 Å². The zero-order valence-electron chi connectivity index (χ0n) is 15.4. The number of hydrogen-bond acceptors (Lipinski definition) is 2. The first kappa shape index (κ1) is 20.8. The van der Waals surface area contributed by atoms with Crippen LogP contribution in [0.4, 0.5) is 0 Å². The molecule has 0 atom stereocenters. The molecule has 0 unspecified atom stereocenters. The van der Waals surface area contributed by atoms with Gasteiger partial charge < -0.3 is 0 Å². The van der Waals surface area contributed by atoms with E-state index in [1.165, 1.54) is 25.9 Å². The summed E-state index contributed by atoms with van der Waals surface area (Å²) in [6.45, 7) is 16.9. The number of nitrogens with zero attached hydrogens (tertiary/aromatic N) is 2. The first-order valence-electron chi connectivity index (χ1n) is 8.66. The number of hydrogen-bond donors (Lipinski definition) is 0. The molecule has 0 saturated heterocycles. The van der Waals surface area contributed by atoms with Crippen LogP contribution in [0.5, 0.6) is 0 Å². The van der Waals surface area contributed by atoms with Crippen molar-refractivity contribution in [3.05, 3.63) is 0 Å². The predicted octanol–water partition coefficient (Wildman–Crippen LogP) is 4.35. The molecule has 0 bridgehead atoms. The molecule has 0 aromatic rings. The van der Waals surface area contributed by atoms with Gasteiger partial charge in [0.1, 0.15) is 0 Å². The van der Waals surface area contributed by atoms with Gasteiger partial charge in [-0.05, 0) is 0 Å². The second-order valence-corrected chi connectivity index (χ2v) is 19.0. The molecule has 0 rings (SSSR count). The van der Waals surface area contributed by atoms with Crippen molar-refractivity contribution in [2.45, 2.75) is 78.5 Å². The predicted molar refractivity (Wildman–Crippen MR) is 95.2 cm³/mol. The molecule has 0 radical (unpaired) electrons. The second kappa shape index (κ2) is 11.4. The maximum atomic E-state index is 2.66. The van der Waals surface area contributed by atoms with Crippen molar-refractivity contribution in [2.24, 2.45) is 0 Å². The molecule has 0 saturated carbocycles. The van der Waals surface area contributed by atoms with E-state index in [0.717, 1.165) is 3.67 Å². The van der Waals surface area contributed by atoms with E-state index in [1.54, 1.807) is 8.35 Å². The van der Waals surface area contributed by atoms with Crippen LogP contribution >= 0.6 is 0 Å². The van der Waals surface area contributed by atoms with Gasteiger partial charge in [0.25, 0.3) is 0 Å². The molecule has 0 fully saturated rings. The van der Waals surface area contributed by atoms with Crippen LogP contribution in [0.1, 0.15) is 54.4 Å². The van der Waals surface area contributed by atoms with Crippen LogP contribution in [0.2, 0.25) is 12.0 Å². The molecule has 2 nitrogen and oxygen atoms in total. The minimum atomic E-state index is -1.28. The third-order valence-corrected chi connectivity index (χ3v) is 16.4. The Kier molecular flexibility index (Phi) is 11.8. The molecule has 0 heterocycles. The SMILES string of the molecule is CC(C)N(CC[CH2][In]([CH2]CCN(C)C)[CH](C)C)C(C)C. The Morgan fingerprint density at radius 1 is 0.750 bits per heavy atom. The van der Waals surface area contributed by atoms with Gasteiger partial charge in [-0.15, -0.1) is 0 Å². The normalized spacial score (nSPS) is 12.4. The van der Waals surface area contributed by atoms with Crippen LogP contribution in [-0.4, -0.2) is 70.5 Å². The van der Waals surface area contributed by atoms with Gasteiger partial charge in [0, 0.05) is 0 Å². The first-order valence-corrected chi connectivity index (χ1v) is 15.2. The molecule has 120 valence electrons. The summed E-state index contributed by atoms with van der Waals surface area (Å²) < 4.78 is 4.23. The van der Waals surface area contributed by atoms with Crippen LogP contribution in [0.15, 0.2) is 0 Å². The van der Waals surface area contributed by atoms with Crippen LogP contribution in [0, 0.1) is 0 Å². The van der Waals surface area contributed by atoms with Gasteiger partial charge >= 0.3 is 137 Å². The average molecular weight is 386 g/mol. The van der Waals surface area contributed by atoms with Crippen molar-refractivity contribution >= 4 is 21.4 Å². The van der Waals surface area contributed by atoms with Crippen molar-refractivity contribution in [1.29, 1.82) is 0 Å². The molecule has 3 heteroatoms. The molecule has 0 N–H and O–H groups in total. The summed E-state index contributed by atoms with van der Waals surface area (Å²) in [5.41, 5.74) is 0. The van der Waals surface area contributed by atoms with E-state index >= 15 is 0 Å². The van der Waals surface area contributed by atoms with E-state index < -0.39 is 21.4 Å². The Bertz CT molecular complexity index is 219. The molecular weight excluding hydrogens is 347 g/mol. The molecule has 20 heavy (non-hydrogen) atoms. The first-order chi connectivity index (χ1) is 9.25. The molecule has 0 amide bonds. The molecule has 0 aromatic carbocycles. The summed E-state index contributed by atoms with van der Waals surface area (Å²) in [5.74, 6) is 0. The summed E-state index contributed by atoms with van der Waals surface area (Å²) in [7, 11) is 4.39. The Balaban J connectivity index is 4.07. The Labute approximate surface area is 136 Å². The summed E-state index contributed by atoms with van der Waals surface area (Å²) in [6, 6.07) is 1.38. The maximum absolute atomic E-state index is 2.66. The molecule has 0 spiro atoms. The summed E-state index contributed by atoms with van der Waals surface area (Å²) >= 11 is -1.28. The Morgan fingerprint density at radius 2 is 1.20 bits per heavy atom. The van der Waals surface area contributed by atoms with Gasteiger partial charge in [0.2, 0.25) is 0 Å². The summed E-state index contributed by atoms with van der Waals surface area (Å²) in [5, 5.41) is 0. The van der Waals surface area contributed by atoms with Crippen molar-refractivity contribution in [3.63, 3.8) is 0 Å². The van der Waals surface area contributed by atoms with Crippen molar-refractivity contribution in [1.82, 2.24) is 9.80 Å². The topological polar surface area (TPSA) is 6.48 Å². The third-order valence-electron chi connectivity index (χ3n) is 4.44. The molecular formula is C17H39InN2. The average Bonchev–Trinajstić information content (AvgIpc) is 2.30. The van der Waals surface area contributed by atoms with Gasteiger partial charge in [-0.1, -0.05) is 0 Å².